The van der Waals surface area contributed by atoms with E-state index in [-0.39, 0.29) is 18.9 Å². The number of hydrogen-bond donors (Lipinski definition) is 1. The molecule has 1 heterocycles. The lowest BCUT2D eigenvalue weighted by atomic mass is 10.1. The van der Waals surface area contributed by atoms with Crippen molar-refractivity contribution in [3.8, 4) is 0 Å². The summed E-state index contributed by atoms with van der Waals surface area (Å²) in [5, 5.41) is 8.60. The Hall–Kier alpha value is -1.47. The maximum Gasteiger partial charge on any atom is 0.406 e. The second-order valence-corrected chi connectivity index (χ2v) is 4.45. The Labute approximate surface area is 102 Å². The highest BCUT2D eigenvalue weighted by Crippen LogP contribution is 2.22. The van der Waals surface area contributed by atoms with Crippen LogP contribution in [0.25, 0.3) is 0 Å². The van der Waals surface area contributed by atoms with Crippen LogP contribution in [0.2, 0.25) is 0 Å². The zero-order chi connectivity index (χ0) is 13.9. The zero-order valence-corrected chi connectivity index (χ0v) is 9.90. The van der Waals surface area contributed by atoms with Crippen LogP contribution in [0.4, 0.5) is 18.0 Å². The lowest BCUT2D eigenvalue weighted by molar-refractivity contribution is -0.138. The van der Waals surface area contributed by atoms with Crippen LogP contribution in [0, 0.1) is 5.92 Å². The summed E-state index contributed by atoms with van der Waals surface area (Å²) < 4.78 is 36.3. The molecule has 0 aromatic carbocycles. The van der Waals surface area contributed by atoms with E-state index in [1.165, 1.54) is 4.90 Å². The van der Waals surface area contributed by atoms with Crippen LogP contribution >= 0.6 is 0 Å². The molecule has 1 unspecified atom stereocenters. The molecule has 0 radical (unpaired) electrons. The van der Waals surface area contributed by atoms with Crippen LogP contribution in [0.15, 0.2) is 0 Å². The molecule has 18 heavy (non-hydrogen) atoms. The van der Waals surface area contributed by atoms with Crippen LogP contribution in [0.1, 0.15) is 12.8 Å². The summed E-state index contributed by atoms with van der Waals surface area (Å²) in [5.74, 6) is -1.14. The van der Waals surface area contributed by atoms with Gasteiger partial charge in [0.2, 0.25) is 0 Å². The fraction of sp³-hybridized carbons (Fsp3) is 0.800. The number of carbonyl (C=O) groups is 2. The molecular formula is C10H15F3N2O3. The van der Waals surface area contributed by atoms with Gasteiger partial charge in [-0.25, -0.2) is 4.79 Å². The molecule has 1 atom stereocenters. The van der Waals surface area contributed by atoms with Gasteiger partial charge in [0.1, 0.15) is 6.54 Å². The van der Waals surface area contributed by atoms with Gasteiger partial charge in [0.05, 0.1) is 0 Å². The number of amides is 2. The number of carboxylic acid groups (broad SMARTS) is 1. The number of alkyl halides is 3. The van der Waals surface area contributed by atoms with E-state index in [0.717, 1.165) is 7.05 Å². The van der Waals surface area contributed by atoms with Gasteiger partial charge in [0, 0.05) is 26.6 Å². The van der Waals surface area contributed by atoms with E-state index >= 15 is 0 Å². The topological polar surface area (TPSA) is 60.9 Å². The van der Waals surface area contributed by atoms with E-state index in [2.05, 4.69) is 0 Å². The van der Waals surface area contributed by atoms with Crippen molar-refractivity contribution in [3.63, 3.8) is 0 Å². The molecule has 0 spiro atoms. The lowest BCUT2D eigenvalue weighted by Gasteiger charge is -2.25. The monoisotopic (exact) mass is 268 g/mol. The van der Waals surface area contributed by atoms with Crippen LogP contribution in [0.5, 0.6) is 0 Å². The van der Waals surface area contributed by atoms with Crippen LogP contribution in [0.3, 0.4) is 0 Å². The number of nitrogens with zero attached hydrogens (tertiary/aromatic N) is 2. The van der Waals surface area contributed by atoms with Crippen molar-refractivity contribution in [3.05, 3.63) is 0 Å². The van der Waals surface area contributed by atoms with Crippen LogP contribution in [-0.4, -0.2) is 59.8 Å². The average molecular weight is 268 g/mol. The molecule has 8 heteroatoms. The summed E-state index contributed by atoms with van der Waals surface area (Å²) in [4.78, 5) is 24.0. The summed E-state index contributed by atoms with van der Waals surface area (Å²) in [6.45, 7) is -0.793. The second kappa shape index (κ2) is 5.45. The third-order valence-electron chi connectivity index (χ3n) is 2.76. The summed E-state index contributed by atoms with van der Waals surface area (Å²) >= 11 is 0. The predicted octanol–water partition coefficient (Wildman–Crippen LogP) is 1.40. The first kappa shape index (κ1) is 14.6. The number of hydrogen-bond acceptors (Lipinski definition) is 2. The fourth-order valence-corrected chi connectivity index (χ4v) is 2.00. The van der Waals surface area contributed by atoms with Gasteiger partial charge in [-0.2, -0.15) is 13.2 Å². The van der Waals surface area contributed by atoms with E-state index < -0.39 is 24.7 Å². The smallest absolute Gasteiger partial charge is 0.406 e. The zero-order valence-electron chi connectivity index (χ0n) is 9.90. The minimum absolute atomic E-state index is 0.0627. The number of urea groups is 1. The third-order valence-corrected chi connectivity index (χ3v) is 2.76. The van der Waals surface area contributed by atoms with Crippen molar-refractivity contribution >= 4 is 12.0 Å². The Kier molecular flexibility index (Phi) is 4.42. The van der Waals surface area contributed by atoms with Crippen LogP contribution in [-0.2, 0) is 4.79 Å². The van der Waals surface area contributed by atoms with Gasteiger partial charge in [0.25, 0.3) is 0 Å². The number of likely N-dealkylation sites (tertiary alicyclic amines) is 1. The SMILES string of the molecule is CN(CC(F)(F)F)C(=O)N1CCC(CC(=O)O)C1. The minimum atomic E-state index is -4.43. The summed E-state index contributed by atoms with van der Waals surface area (Å²) in [6.07, 6.45) is -3.98. The molecule has 1 fully saturated rings. The number of carbonyl (C=O) groups excluding carboxylic acids is 1. The Morgan fingerprint density at radius 2 is 2.06 bits per heavy atom. The van der Waals surface area contributed by atoms with E-state index in [4.69, 9.17) is 5.11 Å². The molecule has 1 saturated heterocycles. The summed E-state index contributed by atoms with van der Waals surface area (Å²) in [7, 11) is 1.08. The third kappa shape index (κ3) is 4.42. The average Bonchev–Trinajstić information content (AvgIpc) is 2.61. The lowest BCUT2D eigenvalue weighted by Crippen LogP contribution is -2.44. The maximum absolute atomic E-state index is 12.1. The van der Waals surface area contributed by atoms with Crippen molar-refractivity contribution in [2.24, 2.45) is 5.92 Å². The Bertz CT molecular complexity index is 333. The van der Waals surface area contributed by atoms with Crippen molar-refractivity contribution in [1.82, 2.24) is 9.80 Å². The van der Waals surface area contributed by atoms with E-state index in [0.29, 0.717) is 17.9 Å². The van der Waals surface area contributed by atoms with Gasteiger partial charge in [-0.1, -0.05) is 0 Å². The molecule has 2 amide bonds. The first-order valence-corrected chi connectivity index (χ1v) is 5.47. The standard InChI is InChI=1S/C10H15F3N2O3/c1-14(6-10(11,12)13)9(18)15-3-2-7(5-15)4-8(16)17/h7H,2-6H2,1H3,(H,16,17). The first-order valence-electron chi connectivity index (χ1n) is 5.47. The molecule has 0 saturated carbocycles. The minimum Gasteiger partial charge on any atom is -0.481 e. The van der Waals surface area contributed by atoms with Crippen molar-refractivity contribution < 1.29 is 27.9 Å². The van der Waals surface area contributed by atoms with Crippen molar-refractivity contribution in [2.45, 2.75) is 19.0 Å². The quantitative estimate of drug-likeness (QED) is 0.841. The Balaban J connectivity index is 2.46. The van der Waals surface area contributed by atoms with Gasteiger partial charge in [-0.15, -0.1) is 0 Å². The Morgan fingerprint density at radius 1 is 1.44 bits per heavy atom. The number of carboxylic acids is 1. The fourth-order valence-electron chi connectivity index (χ4n) is 2.00. The summed E-state index contributed by atoms with van der Waals surface area (Å²) in [5.41, 5.74) is 0. The molecule has 1 N–H and O–H groups in total. The largest absolute Gasteiger partial charge is 0.481 e. The highest BCUT2D eigenvalue weighted by molar-refractivity contribution is 5.74. The highest BCUT2D eigenvalue weighted by Gasteiger charge is 2.35. The molecule has 1 rings (SSSR count). The maximum atomic E-state index is 12.1. The molecule has 0 bridgehead atoms. The van der Waals surface area contributed by atoms with E-state index in [1.807, 2.05) is 0 Å². The second-order valence-electron chi connectivity index (χ2n) is 4.45. The molecule has 1 aliphatic rings. The summed E-state index contributed by atoms with van der Waals surface area (Å²) in [6, 6.07) is -0.708. The molecule has 0 aromatic heterocycles. The van der Waals surface area contributed by atoms with E-state index in [1.54, 1.807) is 0 Å². The number of halogens is 3. The number of rotatable bonds is 3. The van der Waals surface area contributed by atoms with Gasteiger partial charge in [-0.05, 0) is 12.3 Å². The van der Waals surface area contributed by atoms with Crippen molar-refractivity contribution in [1.29, 1.82) is 0 Å². The molecule has 0 aromatic rings. The highest BCUT2D eigenvalue weighted by atomic mass is 19.4. The first-order chi connectivity index (χ1) is 8.19. The van der Waals surface area contributed by atoms with Gasteiger partial charge < -0.3 is 14.9 Å². The van der Waals surface area contributed by atoms with E-state index in [9.17, 15) is 22.8 Å². The molecule has 0 aliphatic carbocycles. The Morgan fingerprint density at radius 3 is 2.56 bits per heavy atom. The molecule has 5 nitrogen and oxygen atoms in total. The predicted molar refractivity (Wildman–Crippen MR) is 56.0 cm³/mol. The molecule has 104 valence electrons. The number of aliphatic carboxylic acids is 1. The van der Waals surface area contributed by atoms with Crippen LogP contribution < -0.4 is 0 Å². The molecule has 1 aliphatic heterocycles. The van der Waals surface area contributed by atoms with Gasteiger partial charge >= 0.3 is 18.2 Å². The van der Waals surface area contributed by atoms with Gasteiger partial charge in [0.15, 0.2) is 0 Å². The van der Waals surface area contributed by atoms with Gasteiger partial charge in [-0.3, -0.25) is 4.79 Å². The normalized spacial score (nSPS) is 20.0. The van der Waals surface area contributed by atoms with Crippen molar-refractivity contribution in [2.75, 3.05) is 26.7 Å². The molecular weight excluding hydrogens is 253 g/mol.